The number of likely N-dealkylation sites (tertiary alicyclic amines) is 1. The molecule has 0 saturated carbocycles. The molecule has 1 atom stereocenters. The fourth-order valence-electron chi connectivity index (χ4n) is 4.59. The van der Waals surface area contributed by atoms with Gasteiger partial charge in [-0.25, -0.2) is 4.79 Å². The van der Waals surface area contributed by atoms with Crippen molar-refractivity contribution in [3.63, 3.8) is 0 Å². The third-order valence-corrected chi connectivity index (χ3v) is 6.55. The third kappa shape index (κ3) is 6.18. The quantitative estimate of drug-likeness (QED) is 0.132. The molecule has 8 heteroatoms. The number of aryl methyl sites for hydroxylation is 1. The van der Waals surface area contributed by atoms with Crippen molar-refractivity contribution < 1.29 is 33.7 Å². The molecule has 1 N–H and O–H groups in total. The average Bonchev–Trinajstić information content (AvgIpc) is 3.21. The number of esters is 1. The lowest BCUT2D eigenvalue weighted by molar-refractivity contribution is -0.140. The summed E-state index contributed by atoms with van der Waals surface area (Å²) in [6.07, 6.45) is 0.507. The molecular formula is C31H31NO7. The van der Waals surface area contributed by atoms with Gasteiger partial charge < -0.3 is 24.2 Å². The van der Waals surface area contributed by atoms with Crippen LogP contribution in [-0.2, 0) is 25.7 Å². The number of hydrogen-bond donors (Lipinski definition) is 1. The van der Waals surface area contributed by atoms with Crippen LogP contribution in [0.4, 0.5) is 0 Å². The summed E-state index contributed by atoms with van der Waals surface area (Å²) in [7, 11) is 2.85. The number of hydrogen-bond acceptors (Lipinski definition) is 7. The second kappa shape index (κ2) is 12.4. The Hall–Kier alpha value is -4.43. The van der Waals surface area contributed by atoms with Gasteiger partial charge in [-0.15, -0.1) is 0 Å². The molecule has 202 valence electrons. The van der Waals surface area contributed by atoms with E-state index in [4.69, 9.17) is 14.2 Å². The second-order valence-electron chi connectivity index (χ2n) is 9.25. The molecule has 1 aliphatic rings. The Morgan fingerprint density at radius 2 is 1.64 bits per heavy atom. The molecule has 0 radical (unpaired) electrons. The van der Waals surface area contributed by atoms with E-state index in [1.54, 1.807) is 55.6 Å². The number of nitrogens with zero attached hydrogens (tertiary/aromatic N) is 1. The Labute approximate surface area is 227 Å². The highest BCUT2D eigenvalue weighted by Crippen LogP contribution is 2.39. The number of carbonyl (C=O) groups excluding carboxylic acids is 3. The first-order chi connectivity index (χ1) is 18.8. The molecule has 3 aromatic rings. The van der Waals surface area contributed by atoms with E-state index in [9.17, 15) is 19.5 Å². The zero-order valence-electron chi connectivity index (χ0n) is 22.2. The Bertz CT molecular complexity index is 1380. The number of amides is 1. The number of rotatable bonds is 10. The Morgan fingerprint density at radius 3 is 2.28 bits per heavy atom. The molecule has 1 saturated heterocycles. The summed E-state index contributed by atoms with van der Waals surface area (Å²) in [4.78, 5) is 39.6. The average molecular weight is 530 g/mol. The molecule has 1 fully saturated rings. The molecule has 0 aromatic heterocycles. The van der Waals surface area contributed by atoms with Crippen molar-refractivity contribution in [1.29, 1.82) is 0 Å². The summed E-state index contributed by atoms with van der Waals surface area (Å²) >= 11 is 0. The maximum absolute atomic E-state index is 13.2. The van der Waals surface area contributed by atoms with Gasteiger partial charge in [0.1, 0.15) is 18.1 Å². The van der Waals surface area contributed by atoms with Crippen LogP contribution < -0.4 is 4.74 Å². The molecule has 1 aliphatic heterocycles. The van der Waals surface area contributed by atoms with Crippen LogP contribution in [0.2, 0.25) is 0 Å². The summed E-state index contributed by atoms with van der Waals surface area (Å²) in [5.41, 5.74) is 3.46. The van der Waals surface area contributed by atoms with Crippen molar-refractivity contribution in [3.05, 3.63) is 106 Å². The fourth-order valence-corrected chi connectivity index (χ4v) is 4.59. The lowest BCUT2D eigenvalue weighted by atomic mass is 9.94. The number of ketones is 1. The number of ether oxygens (including phenoxy) is 3. The Morgan fingerprint density at radius 1 is 0.949 bits per heavy atom. The van der Waals surface area contributed by atoms with Crippen molar-refractivity contribution in [3.8, 4) is 5.75 Å². The molecular weight excluding hydrogens is 498 g/mol. The molecule has 1 heterocycles. The van der Waals surface area contributed by atoms with Crippen molar-refractivity contribution in [2.24, 2.45) is 0 Å². The number of benzene rings is 3. The van der Waals surface area contributed by atoms with Gasteiger partial charge in [0.2, 0.25) is 0 Å². The topological polar surface area (TPSA) is 102 Å². The van der Waals surface area contributed by atoms with Crippen molar-refractivity contribution >= 4 is 23.4 Å². The minimum Gasteiger partial charge on any atom is -0.507 e. The molecule has 0 unspecified atom stereocenters. The second-order valence-corrected chi connectivity index (χ2v) is 9.25. The van der Waals surface area contributed by atoms with E-state index in [1.165, 1.54) is 12.0 Å². The molecule has 0 spiro atoms. The highest BCUT2D eigenvalue weighted by Gasteiger charge is 2.45. The van der Waals surface area contributed by atoms with Gasteiger partial charge in [0, 0.05) is 25.8 Å². The largest absolute Gasteiger partial charge is 0.507 e. The van der Waals surface area contributed by atoms with Gasteiger partial charge in [-0.05, 0) is 60.9 Å². The Kier molecular flexibility index (Phi) is 8.78. The van der Waals surface area contributed by atoms with Crippen LogP contribution in [0.1, 0.15) is 45.1 Å². The smallest absolute Gasteiger partial charge is 0.337 e. The normalized spacial score (nSPS) is 16.4. The fraction of sp³-hybridized carbons (Fsp3) is 0.258. The number of aliphatic hydroxyl groups is 1. The lowest BCUT2D eigenvalue weighted by Crippen LogP contribution is -2.31. The summed E-state index contributed by atoms with van der Waals surface area (Å²) in [5.74, 6) is -1.65. The first-order valence-corrected chi connectivity index (χ1v) is 12.6. The summed E-state index contributed by atoms with van der Waals surface area (Å²) in [6.45, 7) is 3.07. The zero-order valence-corrected chi connectivity index (χ0v) is 22.2. The van der Waals surface area contributed by atoms with Crippen LogP contribution in [0.5, 0.6) is 5.75 Å². The van der Waals surface area contributed by atoms with Crippen molar-refractivity contribution in [1.82, 2.24) is 4.90 Å². The predicted octanol–water partition coefficient (Wildman–Crippen LogP) is 4.82. The number of Topliss-reactive ketones (excluding diaryl/α,β-unsaturated/α-hetero) is 1. The SMILES string of the molecule is COCCCN1C(=O)C(=O)C(=C(O)c2ccc(OCc3cccc(C)c3)cc2)[C@H]1c1ccc(C(=O)OC)cc1. The summed E-state index contributed by atoms with van der Waals surface area (Å²) in [6, 6.07) is 20.3. The van der Waals surface area contributed by atoms with Crippen LogP contribution in [0.25, 0.3) is 5.76 Å². The monoisotopic (exact) mass is 529 g/mol. The number of aliphatic hydroxyl groups excluding tert-OH is 1. The first-order valence-electron chi connectivity index (χ1n) is 12.6. The van der Waals surface area contributed by atoms with E-state index in [0.29, 0.717) is 42.1 Å². The van der Waals surface area contributed by atoms with Crippen LogP contribution in [-0.4, -0.2) is 55.0 Å². The van der Waals surface area contributed by atoms with Crippen LogP contribution in [0.15, 0.2) is 78.4 Å². The van der Waals surface area contributed by atoms with Gasteiger partial charge in [-0.3, -0.25) is 9.59 Å². The van der Waals surface area contributed by atoms with Crippen LogP contribution in [0.3, 0.4) is 0 Å². The lowest BCUT2D eigenvalue weighted by Gasteiger charge is -2.25. The van der Waals surface area contributed by atoms with E-state index in [-0.39, 0.29) is 17.9 Å². The van der Waals surface area contributed by atoms with Crippen LogP contribution >= 0.6 is 0 Å². The first kappa shape index (κ1) is 27.6. The number of methoxy groups -OCH3 is 2. The highest BCUT2D eigenvalue weighted by molar-refractivity contribution is 6.46. The standard InChI is InChI=1S/C31H31NO7/c1-20-6-4-7-21(18-20)19-39-25-14-12-23(13-15-25)28(33)26-27(22-8-10-24(11-9-22)31(36)38-3)32(16-5-17-37-2)30(35)29(26)34/h4,6-15,18,27,33H,5,16-17,19H2,1-3H3/t27-/m1/s1. The third-order valence-electron chi connectivity index (χ3n) is 6.55. The van der Waals surface area contributed by atoms with Gasteiger partial charge in [0.15, 0.2) is 0 Å². The highest BCUT2D eigenvalue weighted by atomic mass is 16.5. The van der Waals surface area contributed by atoms with Crippen molar-refractivity contribution in [2.75, 3.05) is 27.4 Å². The van der Waals surface area contributed by atoms with Gasteiger partial charge in [-0.1, -0.05) is 42.0 Å². The minimum absolute atomic E-state index is 0.0170. The van der Waals surface area contributed by atoms with E-state index in [0.717, 1.165) is 11.1 Å². The molecule has 0 bridgehead atoms. The maximum Gasteiger partial charge on any atom is 0.337 e. The summed E-state index contributed by atoms with van der Waals surface area (Å²) in [5, 5.41) is 11.3. The minimum atomic E-state index is -0.828. The van der Waals surface area contributed by atoms with E-state index >= 15 is 0 Å². The molecule has 1 amide bonds. The zero-order chi connectivity index (χ0) is 27.9. The molecule has 0 aliphatic carbocycles. The van der Waals surface area contributed by atoms with Gasteiger partial charge in [-0.2, -0.15) is 0 Å². The van der Waals surface area contributed by atoms with Gasteiger partial charge in [0.25, 0.3) is 11.7 Å². The van der Waals surface area contributed by atoms with E-state index in [1.807, 2.05) is 31.2 Å². The van der Waals surface area contributed by atoms with Gasteiger partial charge >= 0.3 is 5.97 Å². The molecule has 8 nitrogen and oxygen atoms in total. The van der Waals surface area contributed by atoms with Gasteiger partial charge in [0.05, 0.1) is 24.3 Å². The Balaban J connectivity index is 1.64. The summed E-state index contributed by atoms with van der Waals surface area (Å²) < 4.78 is 15.8. The van der Waals surface area contributed by atoms with Crippen LogP contribution in [0, 0.1) is 6.92 Å². The maximum atomic E-state index is 13.2. The molecule has 4 rings (SSSR count). The van der Waals surface area contributed by atoms with Crippen molar-refractivity contribution in [2.45, 2.75) is 26.0 Å². The number of carbonyl (C=O) groups is 3. The van der Waals surface area contributed by atoms with E-state index < -0.39 is 23.7 Å². The van der Waals surface area contributed by atoms with E-state index in [2.05, 4.69) is 0 Å². The molecule has 39 heavy (non-hydrogen) atoms. The molecule has 3 aromatic carbocycles. The predicted molar refractivity (Wildman–Crippen MR) is 145 cm³/mol.